The number of hydrogen-bond donors (Lipinski definition) is 3. The summed E-state index contributed by atoms with van der Waals surface area (Å²) in [6.07, 6.45) is 3.78. The van der Waals surface area contributed by atoms with Gasteiger partial charge in [0.1, 0.15) is 16.9 Å². The van der Waals surface area contributed by atoms with Crippen molar-refractivity contribution in [2.75, 3.05) is 43.6 Å². The van der Waals surface area contributed by atoms with Crippen LogP contribution < -0.4 is 15.8 Å². The maximum absolute atomic E-state index is 13.1. The highest BCUT2D eigenvalue weighted by atomic mass is 19.3. The average Bonchev–Trinajstić information content (AvgIpc) is 3.75. The molecule has 2 saturated heterocycles. The molecule has 13 heteroatoms. The molecule has 6 heterocycles. The van der Waals surface area contributed by atoms with Crippen molar-refractivity contribution in [3.8, 4) is 11.1 Å². The molecule has 4 aromatic heterocycles. The molecule has 2 fully saturated rings. The summed E-state index contributed by atoms with van der Waals surface area (Å²) in [6, 6.07) is 13.3. The Balaban J connectivity index is 0.000000171. The first-order valence-corrected chi connectivity index (χ1v) is 15.5. The molecular weight excluding hydrogens is 610 g/mol. The molecule has 0 radical (unpaired) electrons. The van der Waals surface area contributed by atoms with Crippen LogP contribution in [0.3, 0.4) is 0 Å². The number of pyridine rings is 2. The predicted molar refractivity (Wildman–Crippen MR) is 176 cm³/mol. The zero-order valence-corrected chi connectivity index (χ0v) is 26.5. The number of aromatic nitrogens is 4. The number of aromatic amines is 1. The van der Waals surface area contributed by atoms with Crippen molar-refractivity contribution >= 4 is 40.2 Å². The number of alkyl halides is 2. The van der Waals surface area contributed by atoms with E-state index in [9.17, 15) is 13.6 Å². The van der Waals surface area contributed by atoms with Crippen molar-refractivity contribution < 1.29 is 27.8 Å². The van der Waals surface area contributed by atoms with Crippen LogP contribution >= 0.6 is 0 Å². The lowest BCUT2D eigenvalue weighted by atomic mass is 9.69. The number of fused-ring (bicyclic) bond motifs is 3. The number of halogens is 2. The van der Waals surface area contributed by atoms with Crippen molar-refractivity contribution in [3.05, 3.63) is 76.6 Å². The maximum atomic E-state index is 13.1. The molecule has 1 aromatic carbocycles. The van der Waals surface area contributed by atoms with Crippen LogP contribution in [0.4, 0.5) is 20.4 Å². The summed E-state index contributed by atoms with van der Waals surface area (Å²) in [4.78, 5) is 38.0. The number of para-hydroxylation sites is 1. The van der Waals surface area contributed by atoms with Gasteiger partial charge in [-0.2, -0.15) is 0 Å². The van der Waals surface area contributed by atoms with Crippen LogP contribution in [0.25, 0.3) is 33.2 Å². The summed E-state index contributed by atoms with van der Waals surface area (Å²) in [5.74, 6) is 1.17. The Morgan fingerprint density at radius 1 is 1.15 bits per heavy atom. The summed E-state index contributed by atoms with van der Waals surface area (Å²) >= 11 is 0. The second kappa shape index (κ2) is 14.7. The smallest absolute Gasteiger partial charge is 0.297 e. The van der Waals surface area contributed by atoms with Crippen LogP contribution in [0.2, 0.25) is 0 Å². The van der Waals surface area contributed by atoms with E-state index < -0.39 is 12.2 Å². The number of anilines is 2. The fraction of sp³-hybridized carbons (Fsp3) is 0.382. The third-order valence-electron chi connectivity index (χ3n) is 8.91. The minimum atomic E-state index is -2.69. The van der Waals surface area contributed by atoms with Crippen molar-refractivity contribution in [2.24, 2.45) is 5.92 Å². The molecule has 3 N–H and O–H groups in total. The van der Waals surface area contributed by atoms with Gasteiger partial charge in [0.25, 0.3) is 18.5 Å². The molecule has 0 bridgehead atoms. The summed E-state index contributed by atoms with van der Waals surface area (Å²) in [6.45, 7) is 7.08. The molecule has 248 valence electrons. The third kappa shape index (κ3) is 7.09. The van der Waals surface area contributed by atoms with E-state index in [1.54, 1.807) is 12.4 Å². The van der Waals surface area contributed by atoms with E-state index in [4.69, 9.17) is 19.1 Å². The molecule has 5 aromatic rings. The van der Waals surface area contributed by atoms with Crippen molar-refractivity contribution in [1.82, 2.24) is 19.9 Å². The van der Waals surface area contributed by atoms with Crippen LogP contribution in [0.5, 0.6) is 0 Å². The third-order valence-corrected chi connectivity index (χ3v) is 8.91. The molecule has 47 heavy (non-hydrogen) atoms. The molecule has 2 aliphatic heterocycles. The van der Waals surface area contributed by atoms with Gasteiger partial charge in [0, 0.05) is 62.1 Å². The Hall–Kier alpha value is -4.91. The van der Waals surface area contributed by atoms with Gasteiger partial charge in [0.2, 0.25) is 0 Å². The Bertz CT molecular complexity index is 1890. The van der Waals surface area contributed by atoms with E-state index in [2.05, 4.69) is 39.1 Å². The van der Waals surface area contributed by atoms with Crippen LogP contribution in [-0.2, 0) is 14.9 Å². The number of nitrogens with zero attached hydrogens (tertiary/aromatic N) is 4. The van der Waals surface area contributed by atoms with Crippen molar-refractivity contribution in [1.29, 1.82) is 0 Å². The van der Waals surface area contributed by atoms with Gasteiger partial charge in [-0.25, -0.2) is 23.7 Å². The zero-order chi connectivity index (χ0) is 33.6. The molecular formula is C34H38F2N6O5. The highest BCUT2D eigenvalue weighted by Crippen LogP contribution is 2.38. The number of hydrogen-bond acceptors (Lipinski definition) is 9. The highest BCUT2D eigenvalue weighted by molar-refractivity contribution is 6.05. The minimum Gasteiger partial charge on any atom is -0.483 e. The summed E-state index contributed by atoms with van der Waals surface area (Å²) in [5, 5.41) is 10.7. The van der Waals surface area contributed by atoms with Crippen LogP contribution in [-0.4, -0.2) is 64.9 Å². The Labute approximate surface area is 270 Å². The molecule has 1 unspecified atom stereocenters. The number of furan rings is 1. The highest BCUT2D eigenvalue weighted by Gasteiger charge is 2.38. The lowest BCUT2D eigenvalue weighted by molar-refractivity contribution is -0.122. The van der Waals surface area contributed by atoms with E-state index in [1.807, 2.05) is 54.4 Å². The summed E-state index contributed by atoms with van der Waals surface area (Å²) < 4.78 is 37.6. The minimum absolute atomic E-state index is 0.00658. The predicted octanol–water partition coefficient (Wildman–Crippen LogP) is 6.41. The quantitative estimate of drug-likeness (QED) is 0.183. The van der Waals surface area contributed by atoms with E-state index in [0.717, 1.165) is 60.2 Å². The van der Waals surface area contributed by atoms with Crippen LogP contribution in [0, 0.1) is 5.92 Å². The van der Waals surface area contributed by atoms with Crippen LogP contribution in [0.1, 0.15) is 50.9 Å². The fourth-order valence-electron chi connectivity index (χ4n) is 6.03. The summed E-state index contributed by atoms with van der Waals surface area (Å²) in [7, 11) is 1.84. The summed E-state index contributed by atoms with van der Waals surface area (Å²) in [5.41, 5.74) is 4.32. The number of rotatable bonds is 5. The molecule has 0 spiro atoms. The van der Waals surface area contributed by atoms with Gasteiger partial charge in [0.05, 0.1) is 0 Å². The Morgan fingerprint density at radius 3 is 2.60 bits per heavy atom. The number of benzene rings is 1. The second-order valence-corrected chi connectivity index (χ2v) is 11.7. The van der Waals surface area contributed by atoms with E-state index in [0.29, 0.717) is 41.6 Å². The van der Waals surface area contributed by atoms with Gasteiger partial charge in [-0.15, -0.1) is 0 Å². The molecule has 11 nitrogen and oxygen atoms in total. The molecule has 0 aliphatic carbocycles. The molecule has 0 amide bonds. The lowest BCUT2D eigenvalue weighted by Crippen LogP contribution is -2.42. The van der Waals surface area contributed by atoms with Gasteiger partial charge in [-0.3, -0.25) is 9.59 Å². The normalized spacial score (nSPS) is 19.2. The Morgan fingerprint density at radius 2 is 1.89 bits per heavy atom. The number of carbonyl (C=O) groups is 1. The first-order valence-electron chi connectivity index (χ1n) is 15.5. The zero-order valence-electron chi connectivity index (χ0n) is 26.5. The van der Waals surface area contributed by atoms with Crippen molar-refractivity contribution in [3.63, 3.8) is 0 Å². The average molecular weight is 649 g/mol. The number of ether oxygens (including phenoxy) is 1. The molecule has 7 rings (SSSR count). The SMILES string of the molecule is CNc1cc(-c2c[nH]c(=O)c(C3(C)CCOC[C@@H]3C)c2)ccn1.FC(F)c1nc(N2CCCC2)c2oc3ccccc3c2n1.O=CO. The maximum Gasteiger partial charge on any atom is 0.297 e. The molecule has 2 atom stereocenters. The van der Waals surface area contributed by atoms with E-state index in [-0.39, 0.29) is 17.4 Å². The topological polar surface area (TPSA) is 146 Å². The van der Waals surface area contributed by atoms with E-state index >= 15 is 0 Å². The standard InChI is InChI=1S/C18H23N3O2.C15H13F2N3O.CH2O2/c1-12-11-23-7-5-18(12,2)15-8-14(10-21-17(15)22)13-4-6-20-16(9-13)19-3;16-13(17)14-18-11-9-5-1-2-6-10(9)21-12(11)15(19-14)20-7-3-4-8-20;2-1-3/h4,6,8-10,12H,5,7,11H2,1-3H3,(H,19,20)(H,21,22);1-2,5-6,13H,3-4,7-8H2;1H,(H,2,3)/t12-,18?;;/m0../s1. The van der Waals surface area contributed by atoms with Gasteiger partial charge < -0.3 is 29.5 Å². The van der Waals surface area contributed by atoms with Gasteiger partial charge in [-0.1, -0.05) is 26.0 Å². The molecule has 0 saturated carbocycles. The lowest BCUT2D eigenvalue weighted by Gasteiger charge is -2.39. The monoisotopic (exact) mass is 648 g/mol. The Kier molecular flexibility index (Phi) is 10.4. The number of carboxylic acid groups (broad SMARTS) is 1. The largest absolute Gasteiger partial charge is 0.483 e. The van der Waals surface area contributed by atoms with Gasteiger partial charge in [-0.05, 0) is 66.6 Å². The molecule has 2 aliphatic rings. The van der Waals surface area contributed by atoms with Crippen LogP contribution in [0.15, 0.2) is 64.1 Å². The van der Waals surface area contributed by atoms with E-state index in [1.165, 1.54) is 0 Å². The first-order chi connectivity index (χ1) is 22.7. The van der Waals surface area contributed by atoms with Gasteiger partial charge >= 0.3 is 0 Å². The number of nitrogens with one attached hydrogen (secondary N) is 2. The van der Waals surface area contributed by atoms with Gasteiger partial charge in [0.15, 0.2) is 17.2 Å². The van der Waals surface area contributed by atoms with Crippen molar-refractivity contribution in [2.45, 2.75) is 45.0 Å². The first kappa shape index (κ1) is 33.5. The second-order valence-electron chi connectivity index (χ2n) is 11.7. The fourth-order valence-corrected chi connectivity index (χ4v) is 6.03. The number of H-pyrrole nitrogens is 1.